The molecule has 2 nitrogen and oxygen atoms in total. The minimum atomic E-state index is -0.563. The van der Waals surface area contributed by atoms with E-state index in [1.165, 1.54) is 0 Å². The van der Waals surface area contributed by atoms with E-state index in [1.54, 1.807) is 13.8 Å². The van der Waals surface area contributed by atoms with E-state index in [-0.39, 0.29) is 0 Å². The second kappa shape index (κ2) is 5.17. The van der Waals surface area contributed by atoms with Gasteiger partial charge in [-0.3, -0.25) is 0 Å². The van der Waals surface area contributed by atoms with Crippen molar-refractivity contribution in [2.75, 3.05) is 13.1 Å². The maximum Gasteiger partial charge on any atom is 0.0603 e. The Labute approximate surface area is 69.0 Å². The van der Waals surface area contributed by atoms with E-state index in [0.29, 0.717) is 6.54 Å². The predicted octanol–water partition coefficient (Wildman–Crippen LogP) is 0.760. The third kappa shape index (κ3) is 9.48. The molecule has 11 heavy (non-hydrogen) atoms. The molecule has 0 aliphatic rings. The predicted molar refractivity (Wildman–Crippen MR) is 47.2 cm³/mol. The largest absolute Gasteiger partial charge is 0.390 e. The Morgan fingerprint density at radius 3 is 2.55 bits per heavy atom. The maximum absolute atomic E-state index is 9.30. The molecule has 0 amide bonds. The van der Waals surface area contributed by atoms with Crippen LogP contribution >= 0.6 is 0 Å². The number of aliphatic hydroxyl groups is 1. The van der Waals surface area contributed by atoms with E-state index in [1.807, 2.05) is 6.92 Å². The van der Waals surface area contributed by atoms with Crippen molar-refractivity contribution in [3.05, 3.63) is 0 Å². The molecule has 0 aromatic carbocycles. The standard InChI is InChI=1S/C9H17NO/c1-4-5-7-10-8-6-9(2,3)11/h10-11H,6-8H2,1-3H3. The minimum absolute atomic E-state index is 0.563. The Morgan fingerprint density at radius 1 is 1.45 bits per heavy atom. The molecule has 0 saturated heterocycles. The summed E-state index contributed by atoms with van der Waals surface area (Å²) in [6.45, 7) is 6.96. The molecule has 64 valence electrons. The van der Waals surface area contributed by atoms with Crippen molar-refractivity contribution in [2.24, 2.45) is 0 Å². The highest BCUT2D eigenvalue weighted by molar-refractivity contribution is 4.96. The molecule has 0 aliphatic carbocycles. The van der Waals surface area contributed by atoms with Gasteiger partial charge in [-0.25, -0.2) is 0 Å². The first-order chi connectivity index (χ1) is 5.06. The first kappa shape index (κ1) is 10.5. The average Bonchev–Trinajstić information content (AvgIpc) is 1.85. The van der Waals surface area contributed by atoms with E-state index in [9.17, 15) is 5.11 Å². The van der Waals surface area contributed by atoms with Gasteiger partial charge < -0.3 is 10.4 Å². The summed E-state index contributed by atoms with van der Waals surface area (Å²) in [5.41, 5.74) is -0.563. The highest BCUT2D eigenvalue weighted by Crippen LogP contribution is 2.04. The molecule has 0 atom stereocenters. The second-order valence-corrected chi connectivity index (χ2v) is 3.17. The van der Waals surface area contributed by atoms with Crippen LogP contribution < -0.4 is 5.32 Å². The van der Waals surface area contributed by atoms with Crippen LogP contribution in [0, 0.1) is 11.8 Å². The van der Waals surface area contributed by atoms with Gasteiger partial charge in [-0.05, 0) is 33.7 Å². The van der Waals surface area contributed by atoms with Gasteiger partial charge in [-0.1, -0.05) is 5.92 Å². The smallest absolute Gasteiger partial charge is 0.0603 e. The van der Waals surface area contributed by atoms with Crippen molar-refractivity contribution < 1.29 is 5.11 Å². The second-order valence-electron chi connectivity index (χ2n) is 3.17. The summed E-state index contributed by atoms with van der Waals surface area (Å²) in [4.78, 5) is 0. The Bertz CT molecular complexity index is 147. The maximum atomic E-state index is 9.30. The van der Waals surface area contributed by atoms with Gasteiger partial charge in [0.15, 0.2) is 0 Å². The lowest BCUT2D eigenvalue weighted by Gasteiger charge is -2.16. The Morgan fingerprint density at radius 2 is 2.09 bits per heavy atom. The van der Waals surface area contributed by atoms with Crippen LogP contribution in [0.1, 0.15) is 27.2 Å². The van der Waals surface area contributed by atoms with Crippen LogP contribution in [-0.4, -0.2) is 23.8 Å². The van der Waals surface area contributed by atoms with Crippen molar-refractivity contribution in [1.29, 1.82) is 0 Å². The lowest BCUT2D eigenvalue weighted by Crippen LogP contribution is -2.26. The Hall–Kier alpha value is -0.520. The van der Waals surface area contributed by atoms with E-state index in [2.05, 4.69) is 17.2 Å². The lowest BCUT2D eigenvalue weighted by molar-refractivity contribution is 0.0715. The number of hydrogen-bond acceptors (Lipinski definition) is 2. The lowest BCUT2D eigenvalue weighted by atomic mass is 10.1. The average molecular weight is 155 g/mol. The molecule has 0 heterocycles. The first-order valence-corrected chi connectivity index (χ1v) is 3.89. The molecular formula is C9H17NO. The van der Waals surface area contributed by atoms with Crippen molar-refractivity contribution in [3.63, 3.8) is 0 Å². The molecule has 0 bridgehead atoms. The van der Waals surface area contributed by atoms with Crippen LogP contribution in [0.4, 0.5) is 0 Å². The van der Waals surface area contributed by atoms with Crippen LogP contribution in [0.25, 0.3) is 0 Å². The van der Waals surface area contributed by atoms with Crippen LogP contribution in [0.5, 0.6) is 0 Å². The molecule has 0 aromatic heterocycles. The summed E-state index contributed by atoms with van der Waals surface area (Å²) in [6, 6.07) is 0. The SMILES string of the molecule is CC#CCNCCC(C)(C)O. The summed E-state index contributed by atoms with van der Waals surface area (Å²) in [7, 11) is 0. The van der Waals surface area contributed by atoms with Crippen LogP contribution in [0.2, 0.25) is 0 Å². The molecule has 0 aromatic rings. The van der Waals surface area contributed by atoms with E-state index in [4.69, 9.17) is 0 Å². The molecular weight excluding hydrogens is 138 g/mol. The van der Waals surface area contributed by atoms with Crippen LogP contribution in [0.3, 0.4) is 0 Å². The van der Waals surface area contributed by atoms with Gasteiger partial charge in [0, 0.05) is 0 Å². The first-order valence-electron chi connectivity index (χ1n) is 3.89. The van der Waals surface area contributed by atoms with Gasteiger partial charge >= 0.3 is 0 Å². The topological polar surface area (TPSA) is 32.3 Å². The molecule has 0 unspecified atom stereocenters. The van der Waals surface area contributed by atoms with Gasteiger partial charge in [0.1, 0.15) is 0 Å². The van der Waals surface area contributed by atoms with Crippen molar-refractivity contribution in [2.45, 2.75) is 32.8 Å². The van der Waals surface area contributed by atoms with Crippen LogP contribution in [-0.2, 0) is 0 Å². The van der Waals surface area contributed by atoms with Gasteiger partial charge in [-0.2, -0.15) is 0 Å². The highest BCUT2D eigenvalue weighted by Gasteiger charge is 2.10. The minimum Gasteiger partial charge on any atom is -0.390 e. The van der Waals surface area contributed by atoms with Crippen molar-refractivity contribution in [3.8, 4) is 11.8 Å². The number of hydrogen-bond donors (Lipinski definition) is 2. The fraction of sp³-hybridized carbons (Fsp3) is 0.778. The monoisotopic (exact) mass is 155 g/mol. The summed E-state index contributed by atoms with van der Waals surface area (Å²) < 4.78 is 0. The van der Waals surface area contributed by atoms with Crippen molar-refractivity contribution >= 4 is 0 Å². The number of nitrogens with one attached hydrogen (secondary N) is 1. The van der Waals surface area contributed by atoms with E-state index >= 15 is 0 Å². The zero-order valence-corrected chi connectivity index (χ0v) is 7.57. The fourth-order valence-electron chi connectivity index (χ4n) is 0.634. The molecule has 0 spiro atoms. The van der Waals surface area contributed by atoms with E-state index < -0.39 is 5.60 Å². The summed E-state index contributed by atoms with van der Waals surface area (Å²) in [5.74, 6) is 5.68. The molecule has 0 fully saturated rings. The molecule has 0 radical (unpaired) electrons. The molecule has 2 N–H and O–H groups in total. The van der Waals surface area contributed by atoms with Crippen LogP contribution in [0.15, 0.2) is 0 Å². The van der Waals surface area contributed by atoms with Gasteiger partial charge in [-0.15, -0.1) is 5.92 Å². The third-order valence-electron chi connectivity index (χ3n) is 1.30. The zero-order valence-electron chi connectivity index (χ0n) is 7.57. The molecule has 0 aliphatic heterocycles. The molecule has 2 heteroatoms. The zero-order chi connectivity index (χ0) is 8.74. The summed E-state index contributed by atoms with van der Waals surface area (Å²) >= 11 is 0. The highest BCUT2D eigenvalue weighted by atomic mass is 16.3. The Kier molecular flexibility index (Phi) is 4.93. The summed E-state index contributed by atoms with van der Waals surface area (Å²) in [5, 5.41) is 12.4. The van der Waals surface area contributed by atoms with Gasteiger partial charge in [0.25, 0.3) is 0 Å². The van der Waals surface area contributed by atoms with Gasteiger partial charge in [0.05, 0.1) is 12.1 Å². The van der Waals surface area contributed by atoms with Crippen molar-refractivity contribution in [1.82, 2.24) is 5.32 Å². The van der Waals surface area contributed by atoms with Gasteiger partial charge in [0.2, 0.25) is 0 Å². The fourth-order valence-corrected chi connectivity index (χ4v) is 0.634. The van der Waals surface area contributed by atoms with E-state index in [0.717, 1.165) is 13.0 Å². The summed E-state index contributed by atoms with van der Waals surface area (Å²) in [6.07, 6.45) is 0.762. The quantitative estimate of drug-likeness (QED) is 0.464. The Balaban J connectivity index is 3.19. The molecule has 0 rings (SSSR count). The normalized spacial score (nSPS) is 10.5. The molecule has 0 saturated carbocycles. The third-order valence-corrected chi connectivity index (χ3v) is 1.30. The number of rotatable bonds is 4.